The summed E-state index contributed by atoms with van der Waals surface area (Å²) in [5.41, 5.74) is 0. The van der Waals surface area contributed by atoms with E-state index in [-0.39, 0.29) is 6.79 Å². The molecule has 1 aromatic carbocycles. The summed E-state index contributed by atoms with van der Waals surface area (Å²) in [7, 11) is 0. The van der Waals surface area contributed by atoms with E-state index in [2.05, 4.69) is 0 Å². The maximum absolute atomic E-state index is 8.30. The van der Waals surface area contributed by atoms with Gasteiger partial charge in [0, 0.05) is 0 Å². The van der Waals surface area contributed by atoms with E-state index in [9.17, 15) is 0 Å². The van der Waals surface area contributed by atoms with Crippen LogP contribution in [0.25, 0.3) is 0 Å². The molecule has 0 fully saturated rings. The lowest BCUT2D eigenvalue weighted by Crippen LogP contribution is -1.93. The molecule has 0 heterocycles. The Morgan fingerprint density at radius 2 is 1.73 bits per heavy atom. The van der Waals surface area contributed by atoms with Gasteiger partial charge in [-0.15, -0.1) is 0 Å². The molecule has 0 saturated carbocycles. The van der Waals surface area contributed by atoms with Gasteiger partial charge < -0.3 is 9.84 Å². The van der Waals surface area contributed by atoms with E-state index < -0.39 is 0 Å². The molecule has 1 N–H and O–H groups in total. The smallest absolute Gasteiger partial charge is 0.186 e. The number of aliphatic hydroxyl groups excluding tert-OH is 1. The van der Waals surface area contributed by atoms with Crippen LogP contribution in [-0.2, 0) is 0 Å². The Balaban J connectivity index is 0.000000461. The summed E-state index contributed by atoms with van der Waals surface area (Å²) < 4.78 is 4.76. The maximum atomic E-state index is 8.30. The van der Waals surface area contributed by atoms with E-state index in [0.29, 0.717) is 5.75 Å². The van der Waals surface area contributed by atoms with Crippen LogP contribution in [0.1, 0.15) is 13.8 Å². The predicted molar refractivity (Wildman–Crippen MR) is 45.5 cm³/mol. The third kappa shape index (κ3) is 4.39. The lowest BCUT2D eigenvalue weighted by molar-refractivity contribution is 0.0985. The van der Waals surface area contributed by atoms with Crippen LogP contribution in [0.2, 0.25) is 0 Å². The molecule has 2 heteroatoms. The van der Waals surface area contributed by atoms with Gasteiger partial charge in [-0.2, -0.15) is 0 Å². The summed E-state index contributed by atoms with van der Waals surface area (Å²) in [6, 6.07) is 9.17. The largest absolute Gasteiger partial charge is 0.468 e. The number of para-hydroxylation sites is 1. The van der Waals surface area contributed by atoms with Gasteiger partial charge in [0.1, 0.15) is 5.75 Å². The van der Waals surface area contributed by atoms with E-state index in [0.717, 1.165) is 0 Å². The summed E-state index contributed by atoms with van der Waals surface area (Å²) >= 11 is 0. The highest BCUT2D eigenvalue weighted by molar-refractivity contribution is 5.20. The highest BCUT2D eigenvalue weighted by atomic mass is 16.6. The Bertz CT molecular complexity index is 160. The van der Waals surface area contributed by atoms with Crippen LogP contribution in [0.3, 0.4) is 0 Å². The molecular formula is C9H14O2. The number of hydrogen-bond acceptors (Lipinski definition) is 2. The van der Waals surface area contributed by atoms with Crippen molar-refractivity contribution in [1.29, 1.82) is 0 Å². The fourth-order valence-electron chi connectivity index (χ4n) is 0.591. The van der Waals surface area contributed by atoms with Crippen molar-refractivity contribution in [3.8, 4) is 5.75 Å². The summed E-state index contributed by atoms with van der Waals surface area (Å²) in [5.74, 6) is 0.694. The second kappa shape index (κ2) is 7.09. The van der Waals surface area contributed by atoms with Crippen molar-refractivity contribution < 1.29 is 9.84 Å². The lowest BCUT2D eigenvalue weighted by Gasteiger charge is -1.98. The van der Waals surface area contributed by atoms with Crippen molar-refractivity contribution in [3.05, 3.63) is 30.3 Å². The number of ether oxygens (including phenoxy) is 1. The molecule has 0 unspecified atom stereocenters. The molecule has 1 rings (SSSR count). The van der Waals surface area contributed by atoms with Crippen LogP contribution >= 0.6 is 0 Å². The molecule has 11 heavy (non-hydrogen) atoms. The number of benzene rings is 1. The van der Waals surface area contributed by atoms with E-state index in [1.54, 1.807) is 12.1 Å². The maximum Gasteiger partial charge on any atom is 0.186 e. The second-order valence-corrected chi connectivity index (χ2v) is 1.59. The zero-order chi connectivity index (χ0) is 8.53. The molecule has 2 nitrogen and oxygen atoms in total. The monoisotopic (exact) mass is 154 g/mol. The average molecular weight is 154 g/mol. The van der Waals surface area contributed by atoms with Gasteiger partial charge in [-0.3, -0.25) is 0 Å². The van der Waals surface area contributed by atoms with Gasteiger partial charge in [0.25, 0.3) is 0 Å². The highest BCUT2D eigenvalue weighted by Gasteiger charge is 1.84. The molecule has 1 aromatic rings. The van der Waals surface area contributed by atoms with Gasteiger partial charge >= 0.3 is 0 Å². The first-order valence-electron chi connectivity index (χ1n) is 3.72. The topological polar surface area (TPSA) is 29.5 Å². The quantitative estimate of drug-likeness (QED) is 0.660. The third-order valence-corrected chi connectivity index (χ3v) is 0.974. The van der Waals surface area contributed by atoms with Crippen molar-refractivity contribution in [2.75, 3.05) is 6.79 Å². The molecule has 0 bridgehead atoms. The summed E-state index contributed by atoms with van der Waals surface area (Å²) in [6.45, 7) is 3.74. The first-order chi connectivity index (χ1) is 5.43. The molecule has 0 atom stereocenters. The lowest BCUT2D eigenvalue weighted by atomic mass is 10.3. The minimum absolute atomic E-state index is 0.260. The highest BCUT2D eigenvalue weighted by Crippen LogP contribution is 2.06. The first kappa shape index (κ1) is 9.98. The van der Waals surface area contributed by atoms with Crippen molar-refractivity contribution in [2.24, 2.45) is 0 Å². The zero-order valence-corrected chi connectivity index (χ0v) is 6.95. The van der Waals surface area contributed by atoms with E-state index in [1.165, 1.54) is 0 Å². The average Bonchev–Trinajstić information content (AvgIpc) is 2.11. The van der Waals surface area contributed by atoms with Crippen molar-refractivity contribution >= 4 is 0 Å². The fourth-order valence-corrected chi connectivity index (χ4v) is 0.591. The molecule has 0 spiro atoms. The Kier molecular flexibility index (Phi) is 6.43. The van der Waals surface area contributed by atoms with E-state index in [1.807, 2.05) is 32.0 Å². The standard InChI is InChI=1S/C7H8O2.C2H6/c8-6-9-7-4-2-1-3-5-7;1-2/h1-5,8H,6H2;1-2H3. The van der Waals surface area contributed by atoms with Gasteiger partial charge in [0.15, 0.2) is 6.79 Å². The van der Waals surface area contributed by atoms with E-state index in [4.69, 9.17) is 9.84 Å². The van der Waals surface area contributed by atoms with Crippen molar-refractivity contribution in [1.82, 2.24) is 0 Å². The van der Waals surface area contributed by atoms with Gasteiger partial charge in [-0.1, -0.05) is 32.0 Å². The normalized spacial score (nSPS) is 7.91. The molecule has 0 aliphatic heterocycles. The molecule has 0 radical (unpaired) electrons. The zero-order valence-electron chi connectivity index (χ0n) is 6.95. The van der Waals surface area contributed by atoms with Crippen LogP contribution in [0.5, 0.6) is 5.75 Å². The van der Waals surface area contributed by atoms with Crippen LogP contribution in [0.4, 0.5) is 0 Å². The van der Waals surface area contributed by atoms with Gasteiger partial charge in [0.05, 0.1) is 0 Å². The molecule has 0 aliphatic rings. The molecule has 0 aromatic heterocycles. The van der Waals surface area contributed by atoms with Gasteiger partial charge in [0.2, 0.25) is 0 Å². The summed E-state index contributed by atoms with van der Waals surface area (Å²) in [6.07, 6.45) is 0. The Labute approximate surface area is 67.4 Å². The molecule has 0 saturated heterocycles. The number of rotatable bonds is 2. The number of hydrogen-bond donors (Lipinski definition) is 1. The fraction of sp³-hybridized carbons (Fsp3) is 0.333. The Hall–Kier alpha value is -1.02. The third-order valence-electron chi connectivity index (χ3n) is 0.974. The SMILES string of the molecule is CC.OCOc1ccccc1. The van der Waals surface area contributed by atoms with Crippen LogP contribution in [0, 0.1) is 0 Å². The number of aliphatic hydroxyl groups is 1. The van der Waals surface area contributed by atoms with Crippen LogP contribution in [-0.4, -0.2) is 11.9 Å². The summed E-state index contributed by atoms with van der Waals surface area (Å²) in [5, 5.41) is 8.30. The van der Waals surface area contributed by atoms with Crippen molar-refractivity contribution in [2.45, 2.75) is 13.8 Å². The predicted octanol–water partition coefficient (Wildman–Crippen LogP) is 2.04. The van der Waals surface area contributed by atoms with Crippen LogP contribution < -0.4 is 4.74 Å². The molecule has 0 aliphatic carbocycles. The van der Waals surface area contributed by atoms with Crippen LogP contribution in [0.15, 0.2) is 30.3 Å². The van der Waals surface area contributed by atoms with Gasteiger partial charge in [-0.25, -0.2) is 0 Å². The second-order valence-electron chi connectivity index (χ2n) is 1.59. The van der Waals surface area contributed by atoms with Gasteiger partial charge in [-0.05, 0) is 12.1 Å². The minimum atomic E-state index is -0.260. The van der Waals surface area contributed by atoms with E-state index >= 15 is 0 Å². The Morgan fingerprint density at radius 1 is 1.18 bits per heavy atom. The van der Waals surface area contributed by atoms with Crippen molar-refractivity contribution in [3.63, 3.8) is 0 Å². The first-order valence-corrected chi connectivity index (χ1v) is 3.72. The molecular weight excluding hydrogens is 140 g/mol. The molecule has 62 valence electrons. The minimum Gasteiger partial charge on any atom is -0.468 e. The molecule has 0 amide bonds. The summed E-state index contributed by atoms with van der Waals surface area (Å²) in [4.78, 5) is 0. The Morgan fingerprint density at radius 3 is 2.18 bits per heavy atom.